The average Bonchev–Trinajstić information content (AvgIpc) is 2.85. The van der Waals surface area contributed by atoms with Gasteiger partial charge in [0, 0.05) is 30.6 Å². The Labute approximate surface area is 133 Å². The standard InChI is InChI=1S/C16H22N4OS/c1-10-8-20(7-6-17-10)9-13-18-15(21)14-11-4-2-3-5-12(11)22-16(14)19-13/h10,17H,2-9H2,1H3,(H,18,19,21). The van der Waals surface area contributed by atoms with Crippen molar-refractivity contribution in [3.63, 3.8) is 0 Å². The number of fused-ring (bicyclic) bond motifs is 3. The van der Waals surface area contributed by atoms with Crippen molar-refractivity contribution in [2.75, 3.05) is 19.6 Å². The van der Waals surface area contributed by atoms with Crippen LogP contribution in [0, 0.1) is 0 Å². The summed E-state index contributed by atoms with van der Waals surface area (Å²) >= 11 is 1.73. The molecule has 5 nitrogen and oxygen atoms in total. The maximum absolute atomic E-state index is 12.5. The monoisotopic (exact) mass is 318 g/mol. The van der Waals surface area contributed by atoms with Gasteiger partial charge >= 0.3 is 0 Å². The lowest BCUT2D eigenvalue weighted by molar-refractivity contribution is 0.195. The number of piperazine rings is 1. The van der Waals surface area contributed by atoms with Gasteiger partial charge in [-0.25, -0.2) is 4.98 Å². The molecule has 1 atom stereocenters. The first kappa shape index (κ1) is 14.4. The van der Waals surface area contributed by atoms with Crippen LogP contribution in [0.1, 0.15) is 36.0 Å². The molecule has 0 amide bonds. The van der Waals surface area contributed by atoms with E-state index in [0.29, 0.717) is 6.04 Å². The highest BCUT2D eigenvalue weighted by molar-refractivity contribution is 7.18. The molecule has 0 spiro atoms. The van der Waals surface area contributed by atoms with Gasteiger partial charge in [0.05, 0.1) is 11.9 Å². The molecule has 22 heavy (non-hydrogen) atoms. The summed E-state index contributed by atoms with van der Waals surface area (Å²) in [6.45, 7) is 5.94. The topological polar surface area (TPSA) is 61.0 Å². The predicted molar refractivity (Wildman–Crippen MR) is 89.6 cm³/mol. The molecule has 1 aliphatic carbocycles. The van der Waals surface area contributed by atoms with Crippen LogP contribution < -0.4 is 10.9 Å². The van der Waals surface area contributed by atoms with Gasteiger partial charge < -0.3 is 10.3 Å². The van der Waals surface area contributed by atoms with Crippen molar-refractivity contribution < 1.29 is 0 Å². The highest BCUT2D eigenvalue weighted by Gasteiger charge is 2.21. The van der Waals surface area contributed by atoms with Crippen LogP contribution in [0.2, 0.25) is 0 Å². The summed E-state index contributed by atoms with van der Waals surface area (Å²) in [4.78, 5) is 25.0. The Balaban J connectivity index is 1.67. The van der Waals surface area contributed by atoms with Crippen molar-refractivity contribution >= 4 is 21.6 Å². The zero-order valence-electron chi connectivity index (χ0n) is 12.9. The molecule has 0 bridgehead atoms. The van der Waals surface area contributed by atoms with Gasteiger partial charge in [-0.2, -0.15) is 0 Å². The number of rotatable bonds is 2. The number of aryl methyl sites for hydroxylation is 2. The molecule has 0 radical (unpaired) electrons. The zero-order chi connectivity index (χ0) is 15.1. The van der Waals surface area contributed by atoms with Crippen LogP contribution in [0.25, 0.3) is 10.2 Å². The normalized spacial score (nSPS) is 22.9. The van der Waals surface area contributed by atoms with Crippen LogP contribution >= 0.6 is 11.3 Å². The van der Waals surface area contributed by atoms with E-state index in [0.717, 1.165) is 55.1 Å². The third-order valence-electron chi connectivity index (χ3n) is 4.70. The van der Waals surface area contributed by atoms with E-state index in [1.807, 2.05) is 0 Å². The first-order valence-corrected chi connectivity index (χ1v) is 9.01. The molecular formula is C16H22N4OS. The van der Waals surface area contributed by atoms with Crippen LogP contribution in [-0.4, -0.2) is 40.5 Å². The van der Waals surface area contributed by atoms with Crippen LogP contribution in [-0.2, 0) is 19.4 Å². The summed E-state index contributed by atoms with van der Waals surface area (Å²) < 4.78 is 0. The maximum Gasteiger partial charge on any atom is 0.259 e. The highest BCUT2D eigenvalue weighted by Crippen LogP contribution is 2.33. The zero-order valence-corrected chi connectivity index (χ0v) is 13.8. The SMILES string of the molecule is CC1CN(Cc2nc3sc4c(c3c(=O)[nH]2)CCCC4)CCN1. The lowest BCUT2D eigenvalue weighted by Gasteiger charge is -2.31. The molecule has 6 heteroatoms. The maximum atomic E-state index is 12.5. The summed E-state index contributed by atoms with van der Waals surface area (Å²) in [6, 6.07) is 0.498. The second-order valence-corrected chi connectivity index (χ2v) is 7.58. The molecule has 2 aromatic rings. The fourth-order valence-corrected chi connectivity index (χ4v) is 4.93. The van der Waals surface area contributed by atoms with E-state index < -0.39 is 0 Å². The minimum atomic E-state index is 0.0579. The third kappa shape index (κ3) is 2.59. The Hall–Kier alpha value is -1.24. The van der Waals surface area contributed by atoms with Crippen molar-refractivity contribution in [1.82, 2.24) is 20.2 Å². The van der Waals surface area contributed by atoms with Gasteiger partial charge in [0.15, 0.2) is 0 Å². The van der Waals surface area contributed by atoms with Crippen molar-refractivity contribution in [3.8, 4) is 0 Å². The number of hydrogen-bond donors (Lipinski definition) is 2. The fraction of sp³-hybridized carbons (Fsp3) is 0.625. The summed E-state index contributed by atoms with van der Waals surface area (Å²) in [6.07, 6.45) is 4.58. The molecule has 118 valence electrons. The molecule has 3 heterocycles. The minimum absolute atomic E-state index is 0.0579. The third-order valence-corrected chi connectivity index (χ3v) is 5.89. The minimum Gasteiger partial charge on any atom is -0.312 e. The number of nitrogens with one attached hydrogen (secondary N) is 2. The number of aromatic nitrogens is 2. The fourth-order valence-electron chi connectivity index (χ4n) is 3.65. The molecule has 1 saturated heterocycles. The summed E-state index contributed by atoms with van der Waals surface area (Å²) in [5.74, 6) is 0.810. The van der Waals surface area contributed by atoms with Crippen molar-refractivity contribution in [2.24, 2.45) is 0 Å². The second kappa shape index (κ2) is 5.76. The Morgan fingerprint density at radius 1 is 1.36 bits per heavy atom. The molecule has 4 rings (SSSR count). The molecule has 1 unspecified atom stereocenters. The van der Waals surface area contributed by atoms with Crippen LogP contribution in [0.5, 0.6) is 0 Å². The summed E-state index contributed by atoms with van der Waals surface area (Å²) in [5.41, 5.74) is 1.32. The summed E-state index contributed by atoms with van der Waals surface area (Å²) in [7, 11) is 0. The van der Waals surface area contributed by atoms with E-state index in [9.17, 15) is 4.79 Å². The lowest BCUT2D eigenvalue weighted by atomic mass is 9.97. The van der Waals surface area contributed by atoms with Gasteiger partial charge in [-0.15, -0.1) is 11.3 Å². The second-order valence-electron chi connectivity index (χ2n) is 6.49. The molecule has 0 aromatic carbocycles. The molecular weight excluding hydrogens is 296 g/mol. The van der Waals surface area contributed by atoms with Gasteiger partial charge in [0.25, 0.3) is 5.56 Å². The quantitative estimate of drug-likeness (QED) is 0.884. The van der Waals surface area contributed by atoms with Crippen molar-refractivity contribution in [1.29, 1.82) is 0 Å². The number of thiophene rings is 1. The van der Waals surface area contributed by atoms with Crippen LogP contribution in [0.3, 0.4) is 0 Å². The van der Waals surface area contributed by atoms with Crippen molar-refractivity contribution in [2.45, 2.75) is 45.2 Å². The largest absolute Gasteiger partial charge is 0.312 e. The number of H-pyrrole nitrogens is 1. The molecule has 2 aliphatic rings. The molecule has 2 N–H and O–H groups in total. The predicted octanol–water partition coefficient (Wildman–Crippen LogP) is 1.66. The highest BCUT2D eigenvalue weighted by atomic mass is 32.1. The molecule has 1 fully saturated rings. The Morgan fingerprint density at radius 3 is 3.09 bits per heavy atom. The van der Waals surface area contributed by atoms with E-state index in [4.69, 9.17) is 4.98 Å². The van der Waals surface area contributed by atoms with Gasteiger partial charge in [0.2, 0.25) is 0 Å². The number of aromatic amines is 1. The van der Waals surface area contributed by atoms with E-state index in [-0.39, 0.29) is 5.56 Å². The number of nitrogens with zero attached hydrogens (tertiary/aromatic N) is 2. The van der Waals surface area contributed by atoms with Gasteiger partial charge in [-0.3, -0.25) is 9.69 Å². The van der Waals surface area contributed by atoms with E-state index in [1.54, 1.807) is 11.3 Å². The Bertz CT molecular complexity index is 750. The summed E-state index contributed by atoms with van der Waals surface area (Å²) in [5, 5.41) is 4.30. The van der Waals surface area contributed by atoms with E-state index in [1.165, 1.54) is 23.3 Å². The molecule has 1 aliphatic heterocycles. The van der Waals surface area contributed by atoms with Crippen LogP contribution in [0.4, 0.5) is 0 Å². The first-order valence-electron chi connectivity index (χ1n) is 8.20. The lowest BCUT2D eigenvalue weighted by Crippen LogP contribution is -2.48. The molecule has 0 saturated carbocycles. The Morgan fingerprint density at radius 2 is 2.23 bits per heavy atom. The average molecular weight is 318 g/mol. The van der Waals surface area contributed by atoms with Gasteiger partial charge in [0.1, 0.15) is 10.7 Å². The van der Waals surface area contributed by atoms with Gasteiger partial charge in [-0.05, 0) is 38.2 Å². The molecule has 2 aromatic heterocycles. The smallest absolute Gasteiger partial charge is 0.259 e. The van der Waals surface area contributed by atoms with Gasteiger partial charge in [-0.1, -0.05) is 0 Å². The first-order chi connectivity index (χ1) is 10.7. The van der Waals surface area contributed by atoms with Crippen LogP contribution in [0.15, 0.2) is 4.79 Å². The Kier molecular flexibility index (Phi) is 3.76. The number of hydrogen-bond acceptors (Lipinski definition) is 5. The van der Waals surface area contributed by atoms with E-state index >= 15 is 0 Å². The van der Waals surface area contributed by atoms with Crippen molar-refractivity contribution in [3.05, 3.63) is 26.6 Å². The van der Waals surface area contributed by atoms with E-state index in [2.05, 4.69) is 22.1 Å².